The molecule has 1 saturated heterocycles. The Hall–Kier alpha value is -2.28. The Morgan fingerprint density at radius 1 is 1.27 bits per heavy atom. The van der Waals surface area contributed by atoms with Crippen molar-refractivity contribution in [3.05, 3.63) is 48.2 Å². The van der Waals surface area contributed by atoms with Crippen LogP contribution in [0.5, 0.6) is 5.75 Å². The summed E-state index contributed by atoms with van der Waals surface area (Å²) in [6, 6.07) is 7.50. The molecule has 22 heavy (non-hydrogen) atoms. The fourth-order valence-corrected chi connectivity index (χ4v) is 2.96. The number of nitrogens with one attached hydrogen (secondary N) is 1. The third-order valence-electron chi connectivity index (χ3n) is 3.18. The van der Waals surface area contributed by atoms with Crippen LogP contribution < -0.4 is 10.1 Å². The molecule has 1 aliphatic heterocycles. The molecular formula is C15H14N2O4S. The third kappa shape index (κ3) is 3.67. The molecule has 3 rings (SSSR count). The van der Waals surface area contributed by atoms with Gasteiger partial charge in [0.15, 0.2) is 5.89 Å². The number of oxazole rings is 1. The van der Waals surface area contributed by atoms with E-state index in [0.29, 0.717) is 25.3 Å². The van der Waals surface area contributed by atoms with Gasteiger partial charge in [0.2, 0.25) is 5.91 Å². The van der Waals surface area contributed by atoms with E-state index in [2.05, 4.69) is 10.3 Å². The number of carbonyl (C=O) groups is 2. The standard InChI is InChI=1S/C15H14N2O4S/c18-14-12(22-15(19)17-14)9-10-1-3-11(4-2-10)20-7-5-13-16-6-8-21-13/h1-4,6,8,12H,5,7,9H2,(H,17,18,19). The molecule has 1 aliphatic rings. The first kappa shape index (κ1) is 14.6. The minimum absolute atomic E-state index is 0.221. The van der Waals surface area contributed by atoms with E-state index in [0.717, 1.165) is 23.1 Å². The quantitative estimate of drug-likeness (QED) is 0.879. The molecule has 2 aromatic rings. The summed E-state index contributed by atoms with van der Waals surface area (Å²) in [5.74, 6) is 1.17. The van der Waals surface area contributed by atoms with Crippen molar-refractivity contribution in [3.63, 3.8) is 0 Å². The highest BCUT2D eigenvalue weighted by Gasteiger charge is 2.31. The van der Waals surface area contributed by atoms with Gasteiger partial charge in [0.05, 0.1) is 24.5 Å². The van der Waals surface area contributed by atoms with Gasteiger partial charge in [-0.1, -0.05) is 23.9 Å². The van der Waals surface area contributed by atoms with Gasteiger partial charge in [0.25, 0.3) is 5.24 Å². The van der Waals surface area contributed by atoms with Crippen molar-refractivity contribution in [1.29, 1.82) is 0 Å². The average molecular weight is 318 g/mol. The molecule has 114 valence electrons. The highest BCUT2D eigenvalue weighted by atomic mass is 32.2. The number of ether oxygens (including phenoxy) is 1. The molecule has 6 nitrogen and oxygen atoms in total. The van der Waals surface area contributed by atoms with Crippen LogP contribution in [-0.2, 0) is 17.6 Å². The fraction of sp³-hybridized carbons (Fsp3) is 0.267. The lowest BCUT2D eigenvalue weighted by atomic mass is 10.1. The lowest BCUT2D eigenvalue weighted by Gasteiger charge is -2.08. The lowest BCUT2D eigenvalue weighted by molar-refractivity contribution is -0.118. The third-order valence-corrected chi connectivity index (χ3v) is 4.16. The average Bonchev–Trinajstić information content (AvgIpc) is 3.11. The molecule has 1 aromatic heterocycles. The van der Waals surface area contributed by atoms with E-state index in [-0.39, 0.29) is 16.4 Å². The smallest absolute Gasteiger partial charge is 0.286 e. The summed E-state index contributed by atoms with van der Waals surface area (Å²) < 4.78 is 10.7. The Morgan fingerprint density at radius 3 is 2.73 bits per heavy atom. The van der Waals surface area contributed by atoms with Gasteiger partial charge >= 0.3 is 0 Å². The van der Waals surface area contributed by atoms with Crippen molar-refractivity contribution in [2.75, 3.05) is 6.61 Å². The molecule has 7 heteroatoms. The minimum atomic E-state index is -0.343. The number of carbonyl (C=O) groups excluding carboxylic acids is 2. The molecule has 0 bridgehead atoms. The molecule has 1 atom stereocenters. The number of amides is 2. The molecule has 2 amide bonds. The van der Waals surface area contributed by atoms with Gasteiger partial charge in [-0.15, -0.1) is 0 Å². The van der Waals surface area contributed by atoms with Crippen molar-refractivity contribution in [1.82, 2.24) is 10.3 Å². The lowest BCUT2D eigenvalue weighted by Crippen LogP contribution is -2.25. The normalized spacial score (nSPS) is 17.5. The van der Waals surface area contributed by atoms with Gasteiger partial charge in [-0.3, -0.25) is 14.9 Å². The first-order valence-corrected chi connectivity index (χ1v) is 7.70. The molecule has 1 aromatic carbocycles. The summed E-state index contributed by atoms with van der Waals surface area (Å²) >= 11 is 1.04. The van der Waals surface area contributed by atoms with Crippen LogP contribution in [0.15, 0.2) is 41.1 Å². The van der Waals surface area contributed by atoms with E-state index < -0.39 is 0 Å². The zero-order valence-electron chi connectivity index (χ0n) is 11.7. The van der Waals surface area contributed by atoms with Crippen molar-refractivity contribution >= 4 is 22.9 Å². The van der Waals surface area contributed by atoms with E-state index in [1.54, 1.807) is 6.20 Å². The summed E-state index contributed by atoms with van der Waals surface area (Å²) in [5.41, 5.74) is 0.988. The van der Waals surface area contributed by atoms with Gasteiger partial charge in [0, 0.05) is 0 Å². The Bertz CT molecular complexity index is 655. The number of rotatable bonds is 6. The van der Waals surface area contributed by atoms with Crippen LogP contribution >= 0.6 is 11.8 Å². The fourth-order valence-electron chi connectivity index (χ4n) is 2.10. The van der Waals surface area contributed by atoms with Crippen LogP contribution in [0, 0.1) is 0 Å². The maximum Gasteiger partial charge on any atom is 0.286 e. The number of benzene rings is 1. The minimum Gasteiger partial charge on any atom is -0.493 e. The Kier molecular flexibility index (Phi) is 4.43. The second kappa shape index (κ2) is 6.65. The van der Waals surface area contributed by atoms with Crippen LogP contribution in [0.4, 0.5) is 4.79 Å². The topological polar surface area (TPSA) is 81.4 Å². The summed E-state index contributed by atoms with van der Waals surface area (Å²) in [6.07, 6.45) is 4.27. The SMILES string of the molecule is O=C1NC(=O)C(Cc2ccc(OCCc3ncco3)cc2)S1. The van der Waals surface area contributed by atoms with Crippen molar-refractivity contribution < 1.29 is 18.7 Å². The maximum absolute atomic E-state index is 11.5. The summed E-state index contributed by atoms with van der Waals surface area (Å²) in [5, 5.41) is 1.67. The highest BCUT2D eigenvalue weighted by Crippen LogP contribution is 2.23. The number of hydrogen-bond donors (Lipinski definition) is 1. The molecule has 2 heterocycles. The molecule has 0 radical (unpaired) electrons. The first-order valence-electron chi connectivity index (χ1n) is 6.82. The first-order chi connectivity index (χ1) is 10.7. The van der Waals surface area contributed by atoms with E-state index >= 15 is 0 Å². The number of thioether (sulfide) groups is 1. The number of imide groups is 1. The van der Waals surface area contributed by atoms with Crippen LogP contribution in [0.1, 0.15) is 11.5 Å². The Morgan fingerprint density at radius 2 is 2.09 bits per heavy atom. The van der Waals surface area contributed by atoms with E-state index in [9.17, 15) is 9.59 Å². The highest BCUT2D eigenvalue weighted by molar-refractivity contribution is 8.15. The van der Waals surface area contributed by atoms with Crippen molar-refractivity contribution in [3.8, 4) is 5.75 Å². The van der Waals surface area contributed by atoms with Gasteiger partial charge in [-0.2, -0.15) is 0 Å². The predicted octanol–water partition coefficient (Wildman–Crippen LogP) is 2.19. The number of hydrogen-bond acceptors (Lipinski definition) is 6. The van der Waals surface area contributed by atoms with E-state index in [4.69, 9.17) is 9.15 Å². The van der Waals surface area contributed by atoms with E-state index in [1.165, 1.54) is 6.26 Å². The monoisotopic (exact) mass is 318 g/mol. The zero-order valence-corrected chi connectivity index (χ0v) is 12.5. The van der Waals surface area contributed by atoms with Gasteiger partial charge in [0.1, 0.15) is 12.0 Å². The summed E-state index contributed by atoms with van der Waals surface area (Å²) in [7, 11) is 0. The second-order valence-electron chi connectivity index (χ2n) is 4.76. The number of aromatic nitrogens is 1. The largest absolute Gasteiger partial charge is 0.493 e. The molecule has 1 N–H and O–H groups in total. The maximum atomic E-state index is 11.5. The second-order valence-corrected chi connectivity index (χ2v) is 5.93. The summed E-state index contributed by atoms with van der Waals surface area (Å²) in [6.45, 7) is 0.481. The van der Waals surface area contributed by atoms with Crippen molar-refractivity contribution in [2.45, 2.75) is 18.1 Å². The van der Waals surface area contributed by atoms with Gasteiger partial charge in [-0.05, 0) is 24.1 Å². The Labute approximate surface area is 131 Å². The van der Waals surface area contributed by atoms with Crippen molar-refractivity contribution in [2.24, 2.45) is 0 Å². The zero-order chi connectivity index (χ0) is 15.4. The van der Waals surface area contributed by atoms with Crippen LogP contribution in [-0.4, -0.2) is 28.0 Å². The number of nitrogens with zero attached hydrogens (tertiary/aromatic N) is 1. The molecule has 0 spiro atoms. The van der Waals surface area contributed by atoms with Gasteiger partial charge in [-0.25, -0.2) is 4.98 Å². The Balaban J connectivity index is 1.49. The molecule has 0 saturated carbocycles. The van der Waals surface area contributed by atoms with Gasteiger partial charge < -0.3 is 9.15 Å². The molecule has 1 unspecified atom stereocenters. The molecular weight excluding hydrogens is 304 g/mol. The summed E-state index contributed by atoms with van der Waals surface area (Å²) in [4.78, 5) is 26.7. The van der Waals surface area contributed by atoms with Crippen LogP contribution in [0.3, 0.4) is 0 Å². The van der Waals surface area contributed by atoms with Crippen LogP contribution in [0.25, 0.3) is 0 Å². The van der Waals surface area contributed by atoms with Crippen LogP contribution in [0.2, 0.25) is 0 Å². The molecule has 1 fully saturated rings. The van der Waals surface area contributed by atoms with E-state index in [1.807, 2.05) is 24.3 Å². The molecule has 0 aliphatic carbocycles. The predicted molar refractivity (Wildman–Crippen MR) is 80.8 cm³/mol.